The van der Waals surface area contributed by atoms with Crippen molar-refractivity contribution in [2.75, 3.05) is 32.7 Å². The van der Waals surface area contributed by atoms with Crippen LogP contribution in [0.25, 0.3) is 0 Å². The minimum absolute atomic E-state index is 0.214. The number of nitrogens with zero attached hydrogens (tertiary/aromatic N) is 2. The summed E-state index contributed by atoms with van der Waals surface area (Å²) in [5.41, 5.74) is 0.214. The third-order valence-electron chi connectivity index (χ3n) is 3.61. The van der Waals surface area contributed by atoms with Gasteiger partial charge >= 0.3 is 0 Å². The quantitative estimate of drug-likeness (QED) is 0.823. The third-order valence-corrected chi connectivity index (χ3v) is 3.61. The Balaban J connectivity index is 2.36. The number of piperazine rings is 1. The third kappa shape index (κ3) is 4.58. The van der Waals surface area contributed by atoms with E-state index in [1.54, 1.807) is 0 Å². The molecule has 0 spiro atoms. The summed E-state index contributed by atoms with van der Waals surface area (Å²) in [6.45, 7) is 15.5. The van der Waals surface area contributed by atoms with Crippen molar-refractivity contribution >= 4 is 5.91 Å². The van der Waals surface area contributed by atoms with Gasteiger partial charge in [0.25, 0.3) is 0 Å². The first kappa shape index (κ1) is 15.4. The molecule has 4 nitrogen and oxygen atoms in total. The van der Waals surface area contributed by atoms with E-state index < -0.39 is 0 Å². The topological polar surface area (TPSA) is 35.6 Å². The molecule has 1 aliphatic rings. The number of hydrogen-bond acceptors (Lipinski definition) is 3. The highest BCUT2D eigenvalue weighted by molar-refractivity contribution is 5.76. The first-order valence-electron chi connectivity index (χ1n) is 7.10. The lowest BCUT2D eigenvalue weighted by Gasteiger charge is -2.42. The van der Waals surface area contributed by atoms with E-state index in [4.69, 9.17) is 0 Å². The van der Waals surface area contributed by atoms with Crippen molar-refractivity contribution < 1.29 is 4.79 Å². The van der Waals surface area contributed by atoms with Crippen LogP contribution in [0.3, 0.4) is 0 Å². The van der Waals surface area contributed by atoms with Crippen LogP contribution in [0.4, 0.5) is 0 Å². The Morgan fingerprint density at radius 1 is 1.22 bits per heavy atom. The smallest absolute Gasteiger partial charge is 0.224 e. The lowest BCUT2D eigenvalue weighted by Crippen LogP contribution is -2.55. The molecule has 0 saturated carbocycles. The molecule has 1 atom stereocenters. The first-order chi connectivity index (χ1) is 8.34. The van der Waals surface area contributed by atoms with Crippen LogP contribution in [0.15, 0.2) is 0 Å². The van der Waals surface area contributed by atoms with Crippen LogP contribution in [-0.4, -0.2) is 60.0 Å². The van der Waals surface area contributed by atoms with E-state index >= 15 is 0 Å². The summed E-state index contributed by atoms with van der Waals surface area (Å²) in [5, 5.41) is 3.29. The minimum Gasteiger partial charge on any atom is -0.340 e. The van der Waals surface area contributed by atoms with E-state index in [9.17, 15) is 4.79 Å². The molecule has 4 heteroatoms. The predicted octanol–water partition coefficient (Wildman–Crippen LogP) is 1.32. The molecule has 0 radical (unpaired) electrons. The lowest BCUT2D eigenvalue weighted by atomic mass is 10.0. The van der Waals surface area contributed by atoms with Crippen LogP contribution in [-0.2, 0) is 4.79 Å². The number of carbonyl (C=O) groups excluding carboxylic acids is 1. The van der Waals surface area contributed by atoms with Crippen LogP contribution in [0, 0.1) is 0 Å². The Labute approximate surface area is 112 Å². The summed E-state index contributed by atoms with van der Waals surface area (Å²) in [6, 6.07) is 0.281. The summed E-state index contributed by atoms with van der Waals surface area (Å²) in [5.74, 6) is 0.289. The first-order valence-corrected chi connectivity index (χ1v) is 7.10. The zero-order chi connectivity index (χ0) is 13.8. The van der Waals surface area contributed by atoms with Crippen LogP contribution in [0.2, 0.25) is 0 Å². The van der Waals surface area contributed by atoms with Crippen molar-refractivity contribution in [1.82, 2.24) is 15.1 Å². The summed E-state index contributed by atoms with van der Waals surface area (Å²) in [7, 11) is 0. The van der Waals surface area contributed by atoms with Gasteiger partial charge in [0.05, 0.1) is 0 Å². The Morgan fingerprint density at radius 2 is 1.78 bits per heavy atom. The Morgan fingerprint density at radius 3 is 2.22 bits per heavy atom. The molecular formula is C14H29N3O. The van der Waals surface area contributed by atoms with E-state index in [1.807, 2.05) is 4.90 Å². The van der Waals surface area contributed by atoms with E-state index in [-0.39, 0.29) is 17.5 Å². The maximum Gasteiger partial charge on any atom is 0.224 e. The molecule has 0 bridgehead atoms. The van der Waals surface area contributed by atoms with Crippen molar-refractivity contribution in [3.05, 3.63) is 0 Å². The molecule has 1 fully saturated rings. The van der Waals surface area contributed by atoms with Crippen molar-refractivity contribution in [2.24, 2.45) is 0 Å². The molecule has 1 rings (SSSR count). The lowest BCUT2D eigenvalue weighted by molar-refractivity contribution is -0.134. The van der Waals surface area contributed by atoms with Gasteiger partial charge in [0.2, 0.25) is 5.91 Å². The number of carbonyl (C=O) groups is 1. The summed E-state index contributed by atoms with van der Waals surface area (Å²) < 4.78 is 0. The fourth-order valence-corrected chi connectivity index (χ4v) is 2.44. The second-order valence-corrected chi connectivity index (χ2v) is 6.20. The number of hydrogen-bond donors (Lipinski definition) is 1. The van der Waals surface area contributed by atoms with Gasteiger partial charge in [0, 0.05) is 44.2 Å². The average molecular weight is 255 g/mol. The molecule has 1 amide bonds. The molecule has 1 heterocycles. The zero-order valence-corrected chi connectivity index (χ0v) is 12.6. The molecule has 1 unspecified atom stereocenters. The van der Waals surface area contributed by atoms with Crippen LogP contribution in [0.5, 0.6) is 0 Å². The number of amides is 1. The van der Waals surface area contributed by atoms with E-state index in [2.05, 4.69) is 44.8 Å². The van der Waals surface area contributed by atoms with E-state index in [1.165, 1.54) is 0 Å². The van der Waals surface area contributed by atoms with Crippen LogP contribution < -0.4 is 5.32 Å². The van der Waals surface area contributed by atoms with Crippen molar-refractivity contribution in [2.45, 2.75) is 52.6 Å². The highest BCUT2D eigenvalue weighted by Crippen LogP contribution is 2.16. The minimum atomic E-state index is 0.214. The van der Waals surface area contributed by atoms with Crippen LogP contribution >= 0.6 is 0 Å². The predicted molar refractivity (Wildman–Crippen MR) is 75.7 cm³/mol. The number of rotatable bonds is 4. The summed E-state index contributed by atoms with van der Waals surface area (Å²) in [6.07, 6.45) is 0.614. The van der Waals surface area contributed by atoms with Gasteiger partial charge in [-0.1, -0.05) is 6.92 Å². The summed E-state index contributed by atoms with van der Waals surface area (Å²) in [4.78, 5) is 16.6. The maximum atomic E-state index is 12.1. The molecule has 0 aromatic rings. The standard InChI is InChI=1S/C14H29N3O/c1-6-15-12(2)11-13(18)16-7-9-17(10-8-16)14(3,4)5/h12,15H,6-11H2,1-5H3. The van der Waals surface area contributed by atoms with Gasteiger partial charge in [-0.25, -0.2) is 0 Å². The van der Waals surface area contributed by atoms with Gasteiger partial charge in [-0.2, -0.15) is 0 Å². The maximum absolute atomic E-state index is 12.1. The zero-order valence-electron chi connectivity index (χ0n) is 12.6. The number of nitrogens with one attached hydrogen (secondary N) is 1. The Hall–Kier alpha value is -0.610. The van der Waals surface area contributed by atoms with Crippen molar-refractivity contribution in [1.29, 1.82) is 0 Å². The van der Waals surface area contributed by atoms with E-state index in [0.717, 1.165) is 32.7 Å². The molecule has 106 valence electrons. The Kier molecular flexibility index (Phi) is 5.60. The van der Waals surface area contributed by atoms with Gasteiger partial charge in [-0.3, -0.25) is 9.69 Å². The second-order valence-electron chi connectivity index (χ2n) is 6.20. The molecule has 18 heavy (non-hydrogen) atoms. The fraction of sp³-hybridized carbons (Fsp3) is 0.929. The van der Waals surface area contributed by atoms with Gasteiger partial charge in [0.15, 0.2) is 0 Å². The van der Waals surface area contributed by atoms with Gasteiger partial charge in [-0.05, 0) is 34.2 Å². The van der Waals surface area contributed by atoms with Crippen molar-refractivity contribution in [3.8, 4) is 0 Å². The molecule has 0 aromatic carbocycles. The highest BCUT2D eigenvalue weighted by atomic mass is 16.2. The van der Waals surface area contributed by atoms with Crippen molar-refractivity contribution in [3.63, 3.8) is 0 Å². The average Bonchev–Trinajstić information content (AvgIpc) is 2.28. The molecule has 0 aromatic heterocycles. The molecule has 1 N–H and O–H groups in total. The second kappa shape index (κ2) is 6.53. The molecular weight excluding hydrogens is 226 g/mol. The molecule has 1 saturated heterocycles. The fourth-order valence-electron chi connectivity index (χ4n) is 2.44. The van der Waals surface area contributed by atoms with Gasteiger partial charge < -0.3 is 10.2 Å². The Bertz CT molecular complexity index is 265. The van der Waals surface area contributed by atoms with Crippen LogP contribution in [0.1, 0.15) is 41.0 Å². The largest absolute Gasteiger partial charge is 0.340 e. The molecule has 1 aliphatic heterocycles. The monoisotopic (exact) mass is 255 g/mol. The molecule has 0 aliphatic carbocycles. The SMILES string of the molecule is CCNC(C)CC(=O)N1CCN(C(C)(C)C)CC1. The van der Waals surface area contributed by atoms with Gasteiger partial charge in [-0.15, -0.1) is 0 Å². The normalized spacial score (nSPS) is 19.9. The van der Waals surface area contributed by atoms with E-state index in [0.29, 0.717) is 6.42 Å². The van der Waals surface area contributed by atoms with Gasteiger partial charge in [0.1, 0.15) is 0 Å². The summed E-state index contributed by atoms with van der Waals surface area (Å²) >= 11 is 0. The highest BCUT2D eigenvalue weighted by Gasteiger charge is 2.27.